The Morgan fingerprint density at radius 1 is 0.935 bits per heavy atom. The van der Waals surface area contributed by atoms with Gasteiger partial charge >= 0.3 is 0 Å². The largest absolute Gasteiger partial charge is 0.252 e. The normalized spacial score (nSPS) is 18.8. The summed E-state index contributed by atoms with van der Waals surface area (Å²) in [5.74, 6) is 0.994. The first-order chi connectivity index (χ1) is 14.8. The second-order valence-electron chi connectivity index (χ2n) is 8.29. The van der Waals surface area contributed by atoms with Gasteiger partial charge in [-0.15, -0.1) is 11.8 Å². The van der Waals surface area contributed by atoms with Gasteiger partial charge in [0.2, 0.25) is 10.0 Å². The van der Waals surface area contributed by atoms with Crippen molar-refractivity contribution in [1.29, 1.82) is 0 Å². The lowest BCUT2D eigenvalue weighted by atomic mass is 10.00. The molecule has 0 aromatic heterocycles. The summed E-state index contributed by atoms with van der Waals surface area (Å²) in [6.45, 7) is 7.05. The number of hydrogen-bond donors (Lipinski definition) is 0. The summed E-state index contributed by atoms with van der Waals surface area (Å²) in [4.78, 5) is 10.5. The van der Waals surface area contributed by atoms with E-state index in [1.54, 1.807) is 28.2 Å². The van der Waals surface area contributed by atoms with Crippen molar-refractivity contribution in [3.63, 3.8) is 0 Å². The van der Waals surface area contributed by atoms with Crippen LogP contribution in [0.4, 0.5) is 0 Å². The highest BCUT2D eigenvalue weighted by Crippen LogP contribution is 2.37. The highest BCUT2D eigenvalue weighted by atomic mass is 32.2. The van der Waals surface area contributed by atoms with Crippen LogP contribution in [0.3, 0.4) is 0 Å². The highest BCUT2D eigenvalue weighted by molar-refractivity contribution is 8.15. The first-order valence-electron chi connectivity index (χ1n) is 10.8. The van der Waals surface area contributed by atoms with Crippen LogP contribution in [-0.2, 0) is 10.0 Å². The van der Waals surface area contributed by atoms with Gasteiger partial charge in [-0.2, -0.15) is 4.31 Å². The van der Waals surface area contributed by atoms with Gasteiger partial charge in [-0.3, -0.25) is 4.99 Å². The molecule has 0 unspecified atom stereocenters. The SMILES string of the molecule is CCCSC1=NC2(CCN(S(=O)(=O)c3ccc(C)cc3)CC2)N=C1c1ccc(C)cc1. The third-order valence-electron chi connectivity index (χ3n) is 5.78. The fourth-order valence-electron chi connectivity index (χ4n) is 3.89. The molecule has 2 heterocycles. The topological polar surface area (TPSA) is 62.1 Å². The van der Waals surface area contributed by atoms with Gasteiger partial charge in [-0.25, -0.2) is 13.4 Å². The van der Waals surface area contributed by atoms with E-state index in [0.717, 1.165) is 34.1 Å². The van der Waals surface area contributed by atoms with Gasteiger partial charge in [-0.05, 0) is 38.2 Å². The maximum atomic E-state index is 13.1. The van der Waals surface area contributed by atoms with E-state index in [9.17, 15) is 8.42 Å². The summed E-state index contributed by atoms with van der Waals surface area (Å²) in [5.41, 5.74) is 3.75. The molecule has 2 aliphatic rings. The van der Waals surface area contributed by atoms with E-state index in [1.807, 2.05) is 19.1 Å². The van der Waals surface area contributed by atoms with E-state index >= 15 is 0 Å². The fourth-order valence-corrected chi connectivity index (χ4v) is 6.26. The molecule has 0 N–H and O–H groups in total. The van der Waals surface area contributed by atoms with E-state index in [0.29, 0.717) is 30.8 Å². The lowest BCUT2D eigenvalue weighted by molar-refractivity contribution is 0.249. The minimum Gasteiger partial charge on any atom is -0.252 e. The van der Waals surface area contributed by atoms with Crippen molar-refractivity contribution in [3.05, 3.63) is 65.2 Å². The first-order valence-corrected chi connectivity index (χ1v) is 13.2. The maximum Gasteiger partial charge on any atom is 0.243 e. The Morgan fingerprint density at radius 2 is 1.52 bits per heavy atom. The number of rotatable bonds is 5. The van der Waals surface area contributed by atoms with Crippen molar-refractivity contribution in [1.82, 2.24) is 4.31 Å². The van der Waals surface area contributed by atoms with Crippen LogP contribution in [0.5, 0.6) is 0 Å². The number of thioether (sulfide) groups is 1. The van der Waals surface area contributed by atoms with Crippen molar-refractivity contribution >= 4 is 32.5 Å². The Labute approximate surface area is 189 Å². The second-order valence-corrected chi connectivity index (χ2v) is 11.3. The van der Waals surface area contributed by atoms with Gasteiger partial charge in [-0.1, -0.05) is 54.4 Å². The monoisotopic (exact) mass is 455 g/mol. The Morgan fingerprint density at radius 3 is 2.10 bits per heavy atom. The van der Waals surface area contributed by atoms with E-state index in [-0.39, 0.29) is 0 Å². The van der Waals surface area contributed by atoms with Crippen molar-refractivity contribution in [2.24, 2.45) is 9.98 Å². The number of sulfonamides is 1. The van der Waals surface area contributed by atoms with Crippen LogP contribution in [-0.4, -0.2) is 48.0 Å². The molecule has 4 rings (SSSR count). The summed E-state index contributed by atoms with van der Waals surface area (Å²) in [6.07, 6.45) is 2.27. The fraction of sp³-hybridized carbons (Fsp3) is 0.417. The van der Waals surface area contributed by atoms with Gasteiger partial charge in [0.25, 0.3) is 0 Å². The summed E-state index contributed by atoms with van der Waals surface area (Å²) in [5, 5.41) is 0.987. The Bertz CT molecular complexity index is 1100. The minimum absolute atomic E-state index is 0.354. The summed E-state index contributed by atoms with van der Waals surface area (Å²) in [7, 11) is -3.49. The number of hydrogen-bond acceptors (Lipinski definition) is 5. The number of nitrogens with zero attached hydrogens (tertiary/aromatic N) is 3. The van der Waals surface area contributed by atoms with E-state index in [1.165, 1.54) is 5.56 Å². The van der Waals surface area contributed by atoms with Gasteiger partial charge < -0.3 is 0 Å². The van der Waals surface area contributed by atoms with Crippen LogP contribution in [0.25, 0.3) is 0 Å². The number of piperidine rings is 1. The standard InChI is InChI=1S/C24H29N3O2S2/c1-4-17-30-23-22(20-9-5-18(2)6-10-20)25-24(26-23)13-15-27(16-14-24)31(28,29)21-11-7-19(3)8-12-21/h5-12H,4,13-17H2,1-3H3. The van der Waals surface area contributed by atoms with Crippen LogP contribution in [0.2, 0.25) is 0 Å². The molecule has 1 spiro atoms. The molecule has 31 heavy (non-hydrogen) atoms. The molecule has 0 aliphatic carbocycles. The van der Waals surface area contributed by atoms with Gasteiger partial charge in [0.05, 0.1) is 10.6 Å². The third-order valence-corrected chi connectivity index (χ3v) is 8.87. The smallest absolute Gasteiger partial charge is 0.243 e. The van der Waals surface area contributed by atoms with Crippen LogP contribution in [0.15, 0.2) is 63.4 Å². The summed E-state index contributed by atoms with van der Waals surface area (Å²) >= 11 is 1.75. The van der Waals surface area contributed by atoms with Crippen molar-refractivity contribution in [3.8, 4) is 0 Å². The third kappa shape index (κ3) is 4.64. The van der Waals surface area contributed by atoms with Crippen LogP contribution < -0.4 is 0 Å². The van der Waals surface area contributed by atoms with E-state index in [2.05, 4.69) is 38.1 Å². The molecule has 2 aromatic rings. The molecule has 1 saturated heterocycles. The van der Waals surface area contributed by atoms with Crippen LogP contribution >= 0.6 is 11.8 Å². The number of aliphatic imine (C=N–C) groups is 2. The molecule has 2 aromatic carbocycles. The molecular formula is C24H29N3O2S2. The van der Waals surface area contributed by atoms with Crippen LogP contribution in [0.1, 0.15) is 42.9 Å². The molecule has 164 valence electrons. The van der Waals surface area contributed by atoms with Gasteiger partial charge in [0.15, 0.2) is 5.66 Å². The summed E-state index contributed by atoms with van der Waals surface area (Å²) in [6, 6.07) is 15.5. The Balaban J connectivity index is 1.56. The molecule has 0 saturated carbocycles. The van der Waals surface area contributed by atoms with Crippen LogP contribution in [0, 0.1) is 13.8 Å². The first kappa shape index (κ1) is 22.2. The highest BCUT2D eigenvalue weighted by Gasteiger charge is 2.42. The zero-order valence-electron chi connectivity index (χ0n) is 18.3. The Hall–Kier alpha value is -1.96. The van der Waals surface area contributed by atoms with Crippen molar-refractivity contribution < 1.29 is 8.42 Å². The predicted octanol–water partition coefficient (Wildman–Crippen LogP) is 4.83. The molecule has 0 amide bonds. The average Bonchev–Trinajstić information content (AvgIpc) is 3.11. The predicted molar refractivity (Wildman–Crippen MR) is 130 cm³/mol. The molecule has 5 nitrogen and oxygen atoms in total. The van der Waals surface area contributed by atoms with Crippen molar-refractivity contribution in [2.75, 3.05) is 18.8 Å². The zero-order valence-corrected chi connectivity index (χ0v) is 20.0. The van der Waals surface area contributed by atoms with Crippen molar-refractivity contribution in [2.45, 2.75) is 50.6 Å². The molecule has 1 fully saturated rings. The molecule has 0 radical (unpaired) electrons. The average molecular weight is 456 g/mol. The van der Waals surface area contributed by atoms with E-state index in [4.69, 9.17) is 9.98 Å². The molecule has 0 atom stereocenters. The lowest BCUT2D eigenvalue weighted by Gasteiger charge is -2.34. The zero-order chi connectivity index (χ0) is 22.1. The maximum absolute atomic E-state index is 13.1. The number of benzene rings is 2. The molecule has 7 heteroatoms. The lowest BCUT2D eigenvalue weighted by Crippen LogP contribution is -2.44. The van der Waals surface area contributed by atoms with Gasteiger partial charge in [0, 0.05) is 31.5 Å². The molecule has 0 bridgehead atoms. The minimum atomic E-state index is -3.49. The second kappa shape index (κ2) is 8.88. The summed E-state index contributed by atoms with van der Waals surface area (Å²) < 4.78 is 27.7. The molecular weight excluding hydrogens is 426 g/mol. The quantitative estimate of drug-likeness (QED) is 0.649. The number of aryl methyl sites for hydroxylation is 2. The molecule has 2 aliphatic heterocycles. The van der Waals surface area contributed by atoms with Gasteiger partial charge in [0.1, 0.15) is 5.04 Å². The Kier molecular flexibility index (Phi) is 6.37. The van der Waals surface area contributed by atoms with E-state index < -0.39 is 15.7 Å².